The molecule has 2 aromatic rings. The smallest absolute Gasteiger partial charge is 0.187 e. The Kier molecular flexibility index (Phi) is 5.88. The van der Waals surface area contributed by atoms with Crippen LogP contribution in [0.15, 0.2) is 28.7 Å². The van der Waals surface area contributed by atoms with Crippen LogP contribution in [-0.2, 0) is 20.0 Å². The van der Waals surface area contributed by atoms with Crippen molar-refractivity contribution >= 4 is 21.7 Å². The van der Waals surface area contributed by atoms with Crippen LogP contribution in [0, 0.1) is 6.92 Å². The summed E-state index contributed by atoms with van der Waals surface area (Å²) in [5.74, 6) is 0.00482. The molecule has 2 N–H and O–H groups in total. The molecule has 118 valence electrons. The van der Waals surface area contributed by atoms with Gasteiger partial charge in [-0.1, -0.05) is 28.1 Å². The number of aromatic nitrogens is 2. The monoisotopic (exact) mass is 365 g/mol. The van der Waals surface area contributed by atoms with Gasteiger partial charge in [-0.05, 0) is 30.2 Å². The first-order valence-electron chi connectivity index (χ1n) is 7.14. The molecule has 0 saturated heterocycles. The van der Waals surface area contributed by atoms with E-state index in [0.29, 0.717) is 25.2 Å². The number of halogens is 1. The molecule has 1 heterocycles. The topological polar surface area (TPSA) is 67.2 Å². The maximum atomic E-state index is 12.4. The predicted molar refractivity (Wildman–Crippen MR) is 88.9 cm³/mol. The first-order valence-corrected chi connectivity index (χ1v) is 7.94. The molecule has 0 aliphatic rings. The zero-order valence-electron chi connectivity index (χ0n) is 12.8. The fourth-order valence-electron chi connectivity index (χ4n) is 2.21. The summed E-state index contributed by atoms with van der Waals surface area (Å²) < 4.78 is 2.71. The molecule has 22 heavy (non-hydrogen) atoms. The van der Waals surface area contributed by atoms with Crippen LogP contribution >= 0.6 is 15.9 Å². The lowest BCUT2D eigenvalue weighted by atomic mass is 10.0. The summed E-state index contributed by atoms with van der Waals surface area (Å²) in [6.45, 7) is 3.18. The number of aliphatic hydroxyl groups is 1. The van der Waals surface area contributed by atoms with Crippen molar-refractivity contribution in [3.8, 4) is 0 Å². The summed E-state index contributed by atoms with van der Waals surface area (Å²) in [6.07, 6.45) is 0.339. The SMILES string of the molecule is Cc1c(Br)cccc1CC(=O)c1cc(CNCCO)n(C)n1. The van der Waals surface area contributed by atoms with Crippen LogP contribution in [0.3, 0.4) is 0 Å². The number of ketones is 1. The summed E-state index contributed by atoms with van der Waals surface area (Å²) in [5, 5.41) is 16.1. The summed E-state index contributed by atoms with van der Waals surface area (Å²) in [6, 6.07) is 7.67. The van der Waals surface area contributed by atoms with Gasteiger partial charge in [0, 0.05) is 31.0 Å². The molecule has 0 saturated carbocycles. The third-order valence-electron chi connectivity index (χ3n) is 3.59. The zero-order valence-corrected chi connectivity index (χ0v) is 14.4. The van der Waals surface area contributed by atoms with Gasteiger partial charge in [0.05, 0.1) is 12.3 Å². The molecule has 6 heteroatoms. The molecular weight excluding hydrogens is 346 g/mol. The van der Waals surface area contributed by atoms with E-state index in [-0.39, 0.29) is 12.4 Å². The Labute approximate surface area is 138 Å². The highest BCUT2D eigenvalue weighted by molar-refractivity contribution is 9.10. The van der Waals surface area contributed by atoms with E-state index in [1.807, 2.05) is 32.2 Å². The van der Waals surface area contributed by atoms with Crippen molar-refractivity contribution in [2.24, 2.45) is 7.05 Å². The van der Waals surface area contributed by atoms with Gasteiger partial charge in [-0.25, -0.2) is 0 Å². The normalized spacial score (nSPS) is 10.9. The minimum Gasteiger partial charge on any atom is -0.395 e. The lowest BCUT2D eigenvalue weighted by Crippen LogP contribution is -2.19. The van der Waals surface area contributed by atoms with E-state index >= 15 is 0 Å². The maximum Gasteiger partial charge on any atom is 0.187 e. The first-order chi connectivity index (χ1) is 10.5. The number of nitrogens with zero attached hydrogens (tertiary/aromatic N) is 2. The maximum absolute atomic E-state index is 12.4. The third-order valence-corrected chi connectivity index (χ3v) is 4.45. The molecule has 5 nitrogen and oxygen atoms in total. The van der Waals surface area contributed by atoms with Crippen LogP contribution in [-0.4, -0.2) is 33.8 Å². The molecule has 1 aromatic carbocycles. The van der Waals surface area contributed by atoms with E-state index in [1.165, 1.54) is 0 Å². The van der Waals surface area contributed by atoms with E-state index in [2.05, 4.69) is 26.3 Å². The van der Waals surface area contributed by atoms with Crippen LogP contribution in [0.2, 0.25) is 0 Å². The van der Waals surface area contributed by atoms with Gasteiger partial charge in [0.25, 0.3) is 0 Å². The number of carbonyl (C=O) groups excluding carboxylic acids is 1. The van der Waals surface area contributed by atoms with Gasteiger partial charge in [-0.15, -0.1) is 0 Å². The molecule has 0 unspecified atom stereocenters. The Balaban J connectivity index is 2.09. The average molecular weight is 366 g/mol. The fourth-order valence-corrected chi connectivity index (χ4v) is 2.62. The van der Waals surface area contributed by atoms with Gasteiger partial charge in [-0.3, -0.25) is 9.48 Å². The highest BCUT2D eigenvalue weighted by atomic mass is 79.9. The number of hydrogen-bond donors (Lipinski definition) is 2. The van der Waals surface area contributed by atoms with Gasteiger partial charge < -0.3 is 10.4 Å². The number of aliphatic hydroxyl groups excluding tert-OH is 1. The van der Waals surface area contributed by atoms with E-state index in [4.69, 9.17) is 5.11 Å². The third kappa shape index (κ3) is 4.03. The molecule has 0 fully saturated rings. The summed E-state index contributed by atoms with van der Waals surface area (Å²) >= 11 is 3.48. The quantitative estimate of drug-likeness (QED) is 0.581. The number of Topliss-reactive ketones (excluding diaryl/α,β-unsaturated/α-hetero) is 1. The van der Waals surface area contributed by atoms with Gasteiger partial charge >= 0.3 is 0 Å². The highest BCUT2D eigenvalue weighted by Crippen LogP contribution is 2.20. The molecule has 0 bridgehead atoms. The number of aryl methyl sites for hydroxylation is 1. The number of rotatable bonds is 7. The lowest BCUT2D eigenvalue weighted by molar-refractivity contribution is 0.0987. The van der Waals surface area contributed by atoms with Gasteiger partial charge in [0.2, 0.25) is 0 Å². The molecule has 0 amide bonds. The van der Waals surface area contributed by atoms with Gasteiger partial charge in [0.1, 0.15) is 5.69 Å². The second kappa shape index (κ2) is 7.67. The Morgan fingerprint density at radius 1 is 1.45 bits per heavy atom. The van der Waals surface area contributed by atoms with Gasteiger partial charge in [0.15, 0.2) is 5.78 Å². The second-order valence-corrected chi connectivity index (χ2v) is 6.02. The van der Waals surface area contributed by atoms with Crippen LogP contribution in [0.4, 0.5) is 0 Å². The van der Waals surface area contributed by atoms with Crippen molar-refractivity contribution in [1.82, 2.24) is 15.1 Å². The second-order valence-electron chi connectivity index (χ2n) is 5.17. The molecule has 0 aliphatic heterocycles. The van der Waals surface area contributed by atoms with Crippen LogP contribution in [0.5, 0.6) is 0 Å². The minimum atomic E-state index is 0.00482. The largest absolute Gasteiger partial charge is 0.395 e. The van der Waals surface area contributed by atoms with Crippen molar-refractivity contribution in [3.05, 3.63) is 51.3 Å². The van der Waals surface area contributed by atoms with Crippen molar-refractivity contribution in [1.29, 1.82) is 0 Å². The molecule has 0 atom stereocenters. The number of carbonyl (C=O) groups is 1. The van der Waals surface area contributed by atoms with Crippen LogP contribution in [0.25, 0.3) is 0 Å². The Morgan fingerprint density at radius 2 is 2.23 bits per heavy atom. The molecule has 2 rings (SSSR count). The summed E-state index contributed by atoms with van der Waals surface area (Å²) in [5.41, 5.74) is 3.48. The number of benzene rings is 1. The van der Waals surface area contributed by atoms with Crippen molar-refractivity contribution in [3.63, 3.8) is 0 Å². The Bertz CT molecular complexity index is 667. The number of nitrogens with one attached hydrogen (secondary N) is 1. The minimum absolute atomic E-state index is 0.00482. The Morgan fingerprint density at radius 3 is 2.95 bits per heavy atom. The van der Waals surface area contributed by atoms with Crippen molar-refractivity contribution in [2.75, 3.05) is 13.2 Å². The van der Waals surface area contributed by atoms with Crippen molar-refractivity contribution in [2.45, 2.75) is 19.9 Å². The van der Waals surface area contributed by atoms with E-state index in [1.54, 1.807) is 10.7 Å². The first kappa shape index (κ1) is 16.9. The Hall–Kier alpha value is -1.50. The lowest BCUT2D eigenvalue weighted by Gasteiger charge is -2.05. The molecular formula is C16H20BrN3O2. The molecule has 0 spiro atoms. The van der Waals surface area contributed by atoms with Crippen LogP contribution in [0.1, 0.15) is 27.3 Å². The zero-order chi connectivity index (χ0) is 16.1. The standard InChI is InChI=1S/C16H20BrN3O2/c1-11-12(4-3-5-14(11)17)8-16(22)15-9-13(20(2)19-15)10-18-6-7-21/h3-5,9,18,21H,6-8,10H2,1-2H3. The summed E-state index contributed by atoms with van der Waals surface area (Å²) in [7, 11) is 1.82. The van der Waals surface area contributed by atoms with E-state index in [0.717, 1.165) is 21.3 Å². The predicted octanol–water partition coefficient (Wildman–Crippen LogP) is 2.00. The fraction of sp³-hybridized carbons (Fsp3) is 0.375. The molecule has 1 aromatic heterocycles. The average Bonchev–Trinajstić information content (AvgIpc) is 2.86. The number of hydrogen-bond acceptors (Lipinski definition) is 4. The van der Waals surface area contributed by atoms with Crippen LogP contribution < -0.4 is 5.32 Å². The van der Waals surface area contributed by atoms with Gasteiger partial charge in [-0.2, -0.15) is 5.10 Å². The molecule has 0 aliphatic carbocycles. The van der Waals surface area contributed by atoms with E-state index in [9.17, 15) is 4.79 Å². The van der Waals surface area contributed by atoms with Crippen molar-refractivity contribution < 1.29 is 9.90 Å². The van der Waals surface area contributed by atoms with E-state index < -0.39 is 0 Å². The molecule has 0 radical (unpaired) electrons. The highest BCUT2D eigenvalue weighted by Gasteiger charge is 2.15. The summed E-state index contributed by atoms with van der Waals surface area (Å²) in [4.78, 5) is 12.4.